The highest BCUT2D eigenvalue weighted by Gasteiger charge is 2.05. The maximum atomic E-state index is 5.80. The maximum Gasteiger partial charge on any atom is 0.0948 e. The van der Waals surface area contributed by atoms with Crippen molar-refractivity contribution in [2.45, 2.75) is 25.9 Å². The van der Waals surface area contributed by atoms with E-state index in [0.29, 0.717) is 0 Å². The number of hydrogen-bond donors (Lipinski definition) is 1. The van der Waals surface area contributed by atoms with Gasteiger partial charge < -0.3 is 10.3 Å². The zero-order valence-corrected chi connectivity index (χ0v) is 9.05. The minimum atomic E-state index is 0.0804. The number of aromatic nitrogens is 2. The normalized spacial score (nSPS) is 13.2. The predicted molar refractivity (Wildman–Crippen MR) is 57.8 cm³/mol. The fourth-order valence-electron chi connectivity index (χ4n) is 1.28. The van der Waals surface area contributed by atoms with E-state index in [2.05, 4.69) is 15.8 Å². The van der Waals surface area contributed by atoms with Crippen LogP contribution in [0.25, 0.3) is 0 Å². The molecule has 0 saturated heterocycles. The van der Waals surface area contributed by atoms with Crippen LogP contribution in [0, 0.1) is 0 Å². The van der Waals surface area contributed by atoms with Crippen molar-refractivity contribution in [1.82, 2.24) is 9.55 Å². The molecular weight excluding hydrogens is 182 g/mol. The Hall–Kier alpha value is -0.480. The molecule has 1 atom stereocenters. The summed E-state index contributed by atoms with van der Waals surface area (Å²) < 4.78 is 2.14. The number of hydrogen-bond acceptors (Lipinski definition) is 3. The van der Waals surface area contributed by atoms with Gasteiger partial charge in [0, 0.05) is 18.8 Å². The van der Waals surface area contributed by atoms with Crippen molar-refractivity contribution in [1.29, 1.82) is 0 Å². The Labute approximate surface area is 83.7 Å². The van der Waals surface area contributed by atoms with Gasteiger partial charge in [-0.25, -0.2) is 4.98 Å². The van der Waals surface area contributed by atoms with Gasteiger partial charge in [-0.2, -0.15) is 11.8 Å². The SMILES string of the molecule is CSCCCn1cncc1[C@@H](C)N. The lowest BCUT2D eigenvalue weighted by molar-refractivity contribution is 0.617. The van der Waals surface area contributed by atoms with Gasteiger partial charge in [0.1, 0.15) is 0 Å². The molecule has 0 saturated carbocycles. The molecule has 0 spiro atoms. The topological polar surface area (TPSA) is 43.8 Å². The zero-order valence-electron chi connectivity index (χ0n) is 8.23. The van der Waals surface area contributed by atoms with Crippen molar-refractivity contribution in [3.63, 3.8) is 0 Å². The van der Waals surface area contributed by atoms with E-state index < -0.39 is 0 Å². The van der Waals surface area contributed by atoms with Gasteiger partial charge in [0.2, 0.25) is 0 Å². The predicted octanol–water partition coefficient (Wildman–Crippen LogP) is 1.66. The third-order valence-electron chi connectivity index (χ3n) is 1.96. The second-order valence-corrected chi connectivity index (χ2v) is 4.13. The van der Waals surface area contributed by atoms with Crippen LogP contribution in [0.3, 0.4) is 0 Å². The Bertz CT molecular complexity index is 245. The van der Waals surface area contributed by atoms with E-state index in [4.69, 9.17) is 5.73 Å². The van der Waals surface area contributed by atoms with E-state index in [-0.39, 0.29) is 6.04 Å². The smallest absolute Gasteiger partial charge is 0.0948 e. The van der Waals surface area contributed by atoms with Crippen LogP contribution < -0.4 is 5.73 Å². The fourth-order valence-corrected chi connectivity index (χ4v) is 1.69. The molecule has 0 unspecified atom stereocenters. The van der Waals surface area contributed by atoms with Crippen molar-refractivity contribution in [3.8, 4) is 0 Å². The summed E-state index contributed by atoms with van der Waals surface area (Å²) in [5, 5.41) is 0. The molecule has 0 aliphatic rings. The van der Waals surface area contributed by atoms with Gasteiger partial charge in [-0.3, -0.25) is 0 Å². The Morgan fingerprint density at radius 2 is 2.46 bits per heavy atom. The molecule has 1 aromatic rings. The summed E-state index contributed by atoms with van der Waals surface area (Å²) >= 11 is 1.87. The van der Waals surface area contributed by atoms with Crippen LogP contribution >= 0.6 is 11.8 Å². The lowest BCUT2D eigenvalue weighted by Crippen LogP contribution is -2.12. The van der Waals surface area contributed by atoms with Crippen LogP contribution in [0.1, 0.15) is 25.1 Å². The standard InChI is InChI=1S/C9H17N3S/c1-8(10)9-6-11-7-12(9)4-3-5-13-2/h6-8H,3-5,10H2,1-2H3/t8-/m1/s1. The molecule has 1 heterocycles. The van der Waals surface area contributed by atoms with Crippen LogP contribution in [0.5, 0.6) is 0 Å². The maximum absolute atomic E-state index is 5.80. The van der Waals surface area contributed by atoms with Crippen LogP contribution in [-0.2, 0) is 6.54 Å². The summed E-state index contributed by atoms with van der Waals surface area (Å²) in [6, 6.07) is 0.0804. The molecule has 0 aromatic carbocycles. The van der Waals surface area contributed by atoms with E-state index in [1.165, 1.54) is 12.2 Å². The first-order chi connectivity index (χ1) is 6.25. The first-order valence-corrected chi connectivity index (χ1v) is 5.89. The average Bonchev–Trinajstić information content (AvgIpc) is 2.53. The minimum Gasteiger partial charge on any atom is -0.333 e. The number of nitrogens with two attached hydrogens (primary N) is 1. The van der Waals surface area contributed by atoms with Gasteiger partial charge >= 0.3 is 0 Å². The number of thioether (sulfide) groups is 1. The van der Waals surface area contributed by atoms with Gasteiger partial charge in [-0.05, 0) is 25.4 Å². The summed E-state index contributed by atoms with van der Waals surface area (Å²) in [5.74, 6) is 1.19. The second-order valence-electron chi connectivity index (χ2n) is 3.15. The van der Waals surface area contributed by atoms with Crippen molar-refractivity contribution in [3.05, 3.63) is 18.2 Å². The second kappa shape index (κ2) is 5.29. The molecule has 4 heteroatoms. The minimum absolute atomic E-state index is 0.0804. The number of rotatable bonds is 5. The summed E-state index contributed by atoms with van der Waals surface area (Å²) in [7, 11) is 0. The quantitative estimate of drug-likeness (QED) is 0.733. The largest absolute Gasteiger partial charge is 0.333 e. The van der Waals surface area contributed by atoms with E-state index >= 15 is 0 Å². The Morgan fingerprint density at radius 3 is 3.08 bits per heavy atom. The molecule has 0 fully saturated rings. The lowest BCUT2D eigenvalue weighted by Gasteiger charge is -2.09. The van der Waals surface area contributed by atoms with Gasteiger partial charge in [0.15, 0.2) is 0 Å². The van der Waals surface area contributed by atoms with Gasteiger partial charge in [-0.15, -0.1) is 0 Å². The van der Waals surface area contributed by atoms with Gasteiger partial charge in [-0.1, -0.05) is 0 Å². The molecule has 74 valence electrons. The monoisotopic (exact) mass is 199 g/mol. The van der Waals surface area contributed by atoms with Gasteiger partial charge in [0.05, 0.1) is 12.0 Å². The van der Waals surface area contributed by atoms with Gasteiger partial charge in [0.25, 0.3) is 0 Å². The first-order valence-electron chi connectivity index (χ1n) is 4.50. The molecule has 0 amide bonds. The zero-order chi connectivity index (χ0) is 9.68. The number of nitrogens with zero attached hydrogens (tertiary/aromatic N) is 2. The highest BCUT2D eigenvalue weighted by molar-refractivity contribution is 7.98. The van der Waals surface area contributed by atoms with Crippen LogP contribution in [0.2, 0.25) is 0 Å². The Balaban J connectivity index is 2.50. The molecule has 1 aromatic heterocycles. The Kier molecular flexibility index (Phi) is 4.32. The first kappa shape index (κ1) is 10.6. The van der Waals surface area contributed by atoms with E-state index in [0.717, 1.165) is 12.2 Å². The molecule has 3 nitrogen and oxygen atoms in total. The van der Waals surface area contributed by atoms with Crippen LogP contribution in [0.4, 0.5) is 0 Å². The fraction of sp³-hybridized carbons (Fsp3) is 0.667. The van der Waals surface area contributed by atoms with Crippen molar-refractivity contribution in [2.75, 3.05) is 12.0 Å². The molecule has 13 heavy (non-hydrogen) atoms. The van der Waals surface area contributed by atoms with Crippen molar-refractivity contribution < 1.29 is 0 Å². The third kappa shape index (κ3) is 3.04. The summed E-state index contributed by atoms with van der Waals surface area (Å²) in [4.78, 5) is 4.10. The van der Waals surface area contributed by atoms with E-state index in [1.54, 1.807) is 0 Å². The number of imidazole rings is 1. The Morgan fingerprint density at radius 1 is 1.69 bits per heavy atom. The molecule has 0 aliphatic heterocycles. The molecular formula is C9H17N3S. The lowest BCUT2D eigenvalue weighted by atomic mass is 10.2. The molecule has 0 radical (unpaired) electrons. The molecule has 1 rings (SSSR count). The molecule has 2 N–H and O–H groups in total. The summed E-state index contributed by atoms with van der Waals surface area (Å²) in [6.45, 7) is 3.01. The van der Waals surface area contributed by atoms with E-state index in [1.807, 2.05) is 31.2 Å². The summed E-state index contributed by atoms with van der Waals surface area (Å²) in [6.07, 6.45) is 7.01. The van der Waals surface area contributed by atoms with E-state index in [9.17, 15) is 0 Å². The van der Waals surface area contributed by atoms with Crippen LogP contribution in [-0.4, -0.2) is 21.6 Å². The third-order valence-corrected chi connectivity index (χ3v) is 2.66. The molecule has 0 aliphatic carbocycles. The molecule has 0 bridgehead atoms. The van der Waals surface area contributed by atoms with Crippen LogP contribution in [0.15, 0.2) is 12.5 Å². The highest BCUT2D eigenvalue weighted by atomic mass is 32.2. The van der Waals surface area contributed by atoms with Crippen molar-refractivity contribution in [2.24, 2.45) is 5.73 Å². The van der Waals surface area contributed by atoms with Crippen molar-refractivity contribution >= 4 is 11.8 Å². The summed E-state index contributed by atoms with van der Waals surface area (Å²) in [5.41, 5.74) is 6.92. The highest BCUT2D eigenvalue weighted by Crippen LogP contribution is 2.09. The average molecular weight is 199 g/mol. The number of aryl methyl sites for hydroxylation is 1.